The van der Waals surface area contributed by atoms with E-state index in [2.05, 4.69) is 5.32 Å². The fraction of sp³-hybridized carbons (Fsp3) is 0.300. The van der Waals surface area contributed by atoms with E-state index in [1.165, 1.54) is 6.07 Å². The van der Waals surface area contributed by atoms with Gasteiger partial charge in [-0.25, -0.2) is 4.79 Å². The summed E-state index contributed by atoms with van der Waals surface area (Å²) in [5.74, 6) is -1.76. The van der Waals surface area contributed by atoms with E-state index < -0.39 is 12.0 Å². The highest BCUT2D eigenvalue weighted by atomic mass is 32.1. The molecular formula is C10H10N2O4S. The maximum absolute atomic E-state index is 11.4. The van der Waals surface area contributed by atoms with E-state index in [9.17, 15) is 14.4 Å². The summed E-state index contributed by atoms with van der Waals surface area (Å²) in [6.07, 6.45) is 0. The molecule has 2 N–H and O–H groups in total. The smallest absolute Gasteiger partial charge is 0.345 e. The van der Waals surface area contributed by atoms with Gasteiger partial charge in [-0.2, -0.15) is 0 Å². The van der Waals surface area contributed by atoms with Crippen LogP contribution < -0.4 is 10.2 Å². The quantitative estimate of drug-likeness (QED) is 0.741. The second-order valence-electron chi connectivity index (χ2n) is 3.69. The zero-order chi connectivity index (χ0) is 12.6. The summed E-state index contributed by atoms with van der Waals surface area (Å²) >= 11 is 1.07. The van der Waals surface area contributed by atoms with Crippen molar-refractivity contribution in [3.63, 3.8) is 0 Å². The SMILES string of the molecule is CC1C(=O)NC(=O)CN1c1csc(C(=O)O)c1. The van der Waals surface area contributed by atoms with Gasteiger partial charge in [-0.15, -0.1) is 11.3 Å². The molecule has 1 fully saturated rings. The van der Waals surface area contributed by atoms with Gasteiger partial charge in [0.15, 0.2) is 0 Å². The molecule has 1 aromatic heterocycles. The van der Waals surface area contributed by atoms with Gasteiger partial charge in [0.05, 0.1) is 6.54 Å². The summed E-state index contributed by atoms with van der Waals surface area (Å²) in [5.41, 5.74) is 0.586. The third-order valence-corrected chi connectivity index (χ3v) is 3.46. The molecule has 1 aliphatic heterocycles. The molecule has 17 heavy (non-hydrogen) atoms. The molecule has 0 aliphatic carbocycles. The molecule has 90 valence electrons. The zero-order valence-corrected chi connectivity index (χ0v) is 9.78. The van der Waals surface area contributed by atoms with Crippen molar-refractivity contribution in [3.05, 3.63) is 16.3 Å². The van der Waals surface area contributed by atoms with Crippen molar-refractivity contribution in [3.8, 4) is 0 Å². The molecule has 0 spiro atoms. The average molecular weight is 254 g/mol. The number of hydrogen-bond acceptors (Lipinski definition) is 5. The highest BCUT2D eigenvalue weighted by Gasteiger charge is 2.31. The first kappa shape index (κ1) is 11.6. The second-order valence-corrected chi connectivity index (χ2v) is 4.60. The predicted molar refractivity (Wildman–Crippen MR) is 61.2 cm³/mol. The minimum absolute atomic E-state index is 0.0582. The normalized spacial score (nSPS) is 20.3. The zero-order valence-electron chi connectivity index (χ0n) is 8.97. The monoisotopic (exact) mass is 254 g/mol. The van der Waals surface area contributed by atoms with Crippen molar-refractivity contribution < 1.29 is 19.5 Å². The number of carboxylic acids is 1. The van der Waals surface area contributed by atoms with Gasteiger partial charge in [-0.1, -0.05) is 0 Å². The number of imide groups is 1. The van der Waals surface area contributed by atoms with Crippen molar-refractivity contribution >= 4 is 34.8 Å². The molecule has 0 radical (unpaired) electrons. The highest BCUT2D eigenvalue weighted by molar-refractivity contribution is 7.12. The molecular weight excluding hydrogens is 244 g/mol. The van der Waals surface area contributed by atoms with Crippen LogP contribution in [-0.4, -0.2) is 35.5 Å². The van der Waals surface area contributed by atoms with Gasteiger partial charge < -0.3 is 10.0 Å². The number of nitrogens with one attached hydrogen (secondary N) is 1. The van der Waals surface area contributed by atoms with Gasteiger partial charge in [0, 0.05) is 11.1 Å². The minimum Gasteiger partial charge on any atom is -0.477 e. The molecule has 2 amide bonds. The van der Waals surface area contributed by atoms with Crippen LogP contribution in [0.25, 0.3) is 0 Å². The number of amides is 2. The summed E-state index contributed by atoms with van der Waals surface area (Å²) in [7, 11) is 0. The maximum Gasteiger partial charge on any atom is 0.345 e. The number of carbonyl (C=O) groups excluding carboxylic acids is 2. The molecule has 1 atom stereocenters. The van der Waals surface area contributed by atoms with Crippen LogP contribution in [0, 0.1) is 0 Å². The number of anilines is 1. The first-order valence-corrected chi connectivity index (χ1v) is 5.79. The molecule has 7 heteroatoms. The van der Waals surface area contributed by atoms with Crippen molar-refractivity contribution in [2.75, 3.05) is 11.4 Å². The Bertz CT molecular complexity index is 496. The number of aromatic carboxylic acids is 1. The van der Waals surface area contributed by atoms with Crippen LogP contribution in [0.5, 0.6) is 0 Å². The number of nitrogens with zero attached hydrogens (tertiary/aromatic N) is 1. The fourth-order valence-corrected chi connectivity index (χ4v) is 2.36. The van der Waals surface area contributed by atoms with Crippen LogP contribution in [-0.2, 0) is 9.59 Å². The molecule has 1 aliphatic rings. The molecule has 2 rings (SSSR count). The molecule has 1 saturated heterocycles. The Balaban J connectivity index is 2.28. The van der Waals surface area contributed by atoms with Gasteiger partial charge in [0.1, 0.15) is 10.9 Å². The van der Waals surface area contributed by atoms with Gasteiger partial charge in [-0.3, -0.25) is 14.9 Å². The molecule has 1 aromatic rings. The van der Waals surface area contributed by atoms with E-state index >= 15 is 0 Å². The summed E-state index contributed by atoms with van der Waals surface area (Å²) in [6, 6.07) is 0.985. The molecule has 0 saturated carbocycles. The van der Waals surface area contributed by atoms with Crippen molar-refractivity contribution in [1.29, 1.82) is 0 Å². The van der Waals surface area contributed by atoms with Crippen LogP contribution >= 0.6 is 11.3 Å². The van der Waals surface area contributed by atoms with Crippen LogP contribution in [0.4, 0.5) is 5.69 Å². The van der Waals surface area contributed by atoms with Gasteiger partial charge in [0.2, 0.25) is 11.8 Å². The van der Waals surface area contributed by atoms with Crippen molar-refractivity contribution in [1.82, 2.24) is 5.32 Å². The Morgan fingerprint density at radius 1 is 1.59 bits per heavy atom. The fourth-order valence-electron chi connectivity index (χ4n) is 1.62. The molecule has 0 aromatic carbocycles. The Kier molecular flexibility index (Phi) is 2.84. The van der Waals surface area contributed by atoms with E-state index in [1.54, 1.807) is 17.2 Å². The number of rotatable bonds is 2. The number of piperazine rings is 1. The maximum atomic E-state index is 11.4. The topological polar surface area (TPSA) is 86.7 Å². The van der Waals surface area contributed by atoms with Crippen LogP contribution in [0.2, 0.25) is 0 Å². The van der Waals surface area contributed by atoms with Gasteiger partial charge >= 0.3 is 5.97 Å². The lowest BCUT2D eigenvalue weighted by atomic mass is 10.2. The first-order valence-electron chi connectivity index (χ1n) is 4.91. The number of thiophene rings is 1. The van der Waals surface area contributed by atoms with Gasteiger partial charge in [0.25, 0.3) is 0 Å². The number of carboxylic acid groups (broad SMARTS) is 1. The first-order chi connectivity index (χ1) is 7.99. The van der Waals surface area contributed by atoms with E-state index in [0.717, 1.165) is 11.3 Å². The molecule has 2 heterocycles. The van der Waals surface area contributed by atoms with E-state index in [1.807, 2.05) is 0 Å². The van der Waals surface area contributed by atoms with Crippen LogP contribution in [0.3, 0.4) is 0 Å². The van der Waals surface area contributed by atoms with Crippen LogP contribution in [0.1, 0.15) is 16.6 Å². The van der Waals surface area contributed by atoms with Crippen LogP contribution in [0.15, 0.2) is 11.4 Å². The Morgan fingerprint density at radius 3 is 2.88 bits per heavy atom. The van der Waals surface area contributed by atoms with Crippen molar-refractivity contribution in [2.24, 2.45) is 0 Å². The largest absolute Gasteiger partial charge is 0.477 e. The summed E-state index contributed by atoms with van der Waals surface area (Å²) in [5, 5.41) is 12.7. The summed E-state index contributed by atoms with van der Waals surface area (Å²) in [6.45, 7) is 1.72. The third-order valence-electron chi connectivity index (χ3n) is 2.55. The summed E-state index contributed by atoms with van der Waals surface area (Å²) < 4.78 is 0. The third kappa shape index (κ3) is 2.14. The van der Waals surface area contributed by atoms with E-state index in [4.69, 9.17) is 5.11 Å². The highest BCUT2D eigenvalue weighted by Crippen LogP contribution is 2.25. The Hall–Kier alpha value is -1.89. The van der Waals surface area contributed by atoms with E-state index in [0.29, 0.717) is 5.69 Å². The predicted octanol–water partition coefficient (Wildman–Crippen LogP) is 0.298. The lowest BCUT2D eigenvalue weighted by Crippen LogP contribution is -2.57. The number of carbonyl (C=O) groups is 3. The second kappa shape index (κ2) is 4.17. The standard InChI is InChI=1S/C10H10N2O4S/c1-5-9(14)11-8(13)3-12(5)6-2-7(10(15)16)17-4-6/h2,4-5H,3H2,1H3,(H,15,16)(H,11,13,14). The Labute approximate surface area is 101 Å². The lowest BCUT2D eigenvalue weighted by Gasteiger charge is -2.32. The molecule has 1 unspecified atom stereocenters. The van der Waals surface area contributed by atoms with Gasteiger partial charge in [-0.05, 0) is 13.0 Å². The lowest BCUT2D eigenvalue weighted by molar-refractivity contribution is -0.132. The Morgan fingerprint density at radius 2 is 2.29 bits per heavy atom. The number of hydrogen-bond donors (Lipinski definition) is 2. The summed E-state index contributed by atoms with van der Waals surface area (Å²) in [4.78, 5) is 35.2. The minimum atomic E-state index is -1.01. The van der Waals surface area contributed by atoms with E-state index in [-0.39, 0.29) is 23.2 Å². The average Bonchev–Trinajstić information content (AvgIpc) is 2.72. The van der Waals surface area contributed by atoms with Crippen molar-refractivity contribution in [2.45, 2.75) is 13.0 Å². The molecule has 0 bridgehead atoms. The molecule has 6 nitrogen and oxygen atoms in total.